The lowest BCUT2D eigenvalue weighted by molar-refractivity contribution is 0.588. The quantitative estimate of drug-likeness (QED) is 0.779. The van der Waals surface area contributed by atoms with Gasteiger partial charge in [-0.2, -0.15) is 0 Å². The van der Waals surface area contributed by atoms with Gasteiger partial charge in [0, 0.05) is 31.4 Å². The van der Waals surface area contributed by atoms with Crippen LogP contribution in [0.3, 0.4) is 0 Å². The Balaban J connectivity index is 2.95. The monoisotopic (exact) mass is 263 g/mol. The van der Waals surface area contributed by atoms with Crippen molar-refractivity contribution in [2.75, 3.05) is 18.0 Å². The van der Waals surface area contributed by atoms with Gasteiger partial charge in [0.1, 0.15) is 5.82 Å². The van der Waals surface area contributed by atoms with E-state index in [0.29, 0.717) is 6.04 Å². The number of pyridine rings is 1. The summed E-state index contributed by atoms with van der Waals surface area (Å²) in [6, 6.07) is 4.98. The Kier molecular flexibility index (Phi) is 6.85. The lowest BCUT2D eigenvalue weighted by atomic mass is 10.1. The largest absolute Gasteiger partial charge is 0.357 e. The zero-order valence-electron chi connectivity index (χ0n) is 13.2. The summed E-state index contributed by atoms with van der Waals surface area (Å²) in [5.41, 5.74) is 2.56. The molecule has 0 aliphatic carbocycles. The topological polar surface area (TPSA) is 28.2 Å². The first kappa shape index (κ1) is 16.0. The molecule has 0 atom stereocenters. The fourth-order valence-corrected chi connectivity index (χ4v) is 2.15. The van der Waals surface area contributed by atoms with Gasteiger partial charge in [-0.3, -0.25) is 0 Å². The predicted molar refractivity (Wildman–Crippen MR) is 83.8 cm³/mol. The molecule has 108 valence electrons. The molecule has 0 saturated carbocycles. The van der Waals surface area contributed by atoms with Gasteiger partial charge in [-0.25, -0.2) is 4.98 Å². The highest BCUT2D eigenvalue weighted by Crippen LogP contribution is 2.16. The van der Waals surface area contributed by atoms with Crippen LogP contribution in [0.25, 0.3) is 0 Å². The molecule has 0 aliphatic heterocycles. The summed E-state index contributed by atoms with van der Waals surface area (Å²) >= 11 is 0. The third-order valence-electron chi connectivity index (χ3n) is 3.23. The molecule has 19 heavy (non-hydrogen) atoms. The van der Waals surface area contributed by atoms with Crippen LogP contribution in [0.5, 0.6) is 0 Å². The summed E-state index contributed by atoms with van der Waals surface area (Å²) in [7, 11) is 0. The number of anilines is 1. The van der Waals surface area contributed by atoms with Gasteiger partial charge in [0.15, 0.2) is 0 Å². The Hall–Kier alpha value is -1.09. The van der Waals surface area contributed by atoms with Crippen molar-refractivity contribution in [2.45, 2.75) is 60.0 Å². The molecule has 1 N–H and O–H groups in total. The second-order valence-corrected chi connectivity index (χ2v) is 5.28. The number of hydrogen-bond donors (Lipinski definition) is 1. The van der Waals surface area contributed by atoms with Crippen LogP contribution in [-0.2, 0) is 13.0 Å². The van der Waals surface area contributed by atoms with Crippen molar-refractivity contribution in [1.82, 2.24) is 10.3 Å². The Morgan fingerprint density at radius 2 is 1.84 bits per heavy atom. The van der Waals surface area contributed by atoms with Gasteiger partial charge in [-0.15, -0.1) is 0 Å². The first-order valence-corrected chi connectivity index (χ1v) is 7.58. The highest BCUT2D eigenvalue weighted by atomic mass is 15.2. The normalized spacial score (nSPS) is 11.1. The van der Waals surface area contributed by atoms with Gasteiger partial charge in [0.05, 0.1) is 0 Å². The maximum atomic E-state index is 4.79. The molecule has 1 aromatic heterocycles. The van der Waals surface area contributed by atoms with Crippen molar-refractivity contribution in [2.24, 2.45) is 0 Å². The minimum atomic E-state index is 0.514. The van der Waals surface area contributed by atoms with E-state index in [1.54, 1.807) is 0 Å². The standard InChI is InChI=1S/C16H29N3/c1-6-9-15-10-14(12-17-13(4)5)11-16(18-15)19(7-2)8-3/h10-11,13,17H,6-9,12H2,1-5H3. The SMILES string of the molecule is CCCc1cc(CNC(C)C)cc(N(CC)CC)n1. The Morgan fingerprint density at radius 3 is 2.37 bits per heavy atom. The molecule has 1 heterocycles. The van der Waals surface area contributed by atoms with E-state index in [0.717, 1.165) is 38.3 Å². The Morgan fingerprint density at radius 1 is 1.16 bits per heavy atom. The fraction of sp³-hybridized carbons (Fsp3) is 0.688. The molecule has 1 rings (SSSR count). The van der Waals surface area contributed by atoms with Gasteiger partial charge in [-0.05, 0) is 38.0 Å². The van der Waals surface area contributed by atoms with Crippen molar-refractivity contribution in [3.05, 3.63) is 23.4 Å². The third kappa shape index (κ3) is 5.19. The maximum absolute atomic E-state index is 4.79. The average Bonchev–Trinajstić information content (AvgIpc) is 2.38. The number of nitrogens with one attached hydrogen (secondary N) is 1. The van der Waals surface area contributed by atoms with Crippen LogP contribution in [0.1, 0.15) is 52.3 Å². The van der Waals surface area contributed by atoms with E-state index < -0.39 is 0 Å². The number of nitrogens with zero attached hydrogens (tertiary/aromatic N) is 2. The smallest absolute Gasteiger partial charge is 0.129 e. The molecule has 0 unspecified atom stereocenters. The molecular weight excluding hydrogens is 234 g/mol. The van der Waals surface area contributed by atoms with Crippen LogP contribution in [0.2, 0.25) is 0 Å². The highest BCUT2D eigenvalue weighted by Gasteiger charge is 2.08. The molecule has 0 bridgehead atoms. The van der Waals surface area contributed by atoms with E-state index >= 15 is 0 Å². The lowest BCUT2D eigenvalue weighted by Gasteiger charge is -2.21. The van der Waals surface area contributed by atoms with Crippen LogP contribution in [0.15, 0.2) is 12.1 Å². The van der Waals surface area contributed by atoms with Gasteiger partial charge >= 0.3 is 0 Å². The molecule has 1 aromatic rings. The molecule has 0 amide bonds. The third-order valence-corrected chi connectivity index (χ3v) is 3.23. The molecular formula is C16H29N3. The number of aromatic nitrogens is 1. The van der Waals surface area contributed by atoms with E-state index in [9.17, 15) is 0 Å². The van der Waals surface area contributed by atoms with Gasteiger partial charge < -0.3 is 10.2 Å². The minimum absolute atomic E-state index is 0.514. The van der Waals surface area contributed by atoms with Crippen molar-refractivity contribution in [3.8, 4) is 0 Å². The summed E-state index contributed by atoms with van der Waals surface area (Å²) in [6.07, 6.45) is 2.20. The summed E-state index contributed by atoms with van der Waals surface area (Å²) in [5, 5.41) is 3.49. The first-order chi connectivity index (χ1) is 9.10. The van der Waals surface area contributed by atoms with Gasteiger partial charge in [0.2, 0.25) is 0 Å². The Bertz CT molecular complexity index is 370. The maximum Gasteiger partial charge on any atom is 0.129 e. The highest BCUT2D eigenvalue weighted by molar-refractivity contribution is 5.42. The molecule has 0 saturated heterocycles. The van der Waals surface area contributed by atoms with Crippen molar-refractivity contribution in [3.63, 3.8) is 0 Å². The van der Waals surface area contributed by atoms with Crippen molar-refractivity contribution in [1.29, 1.82) is 0 Å². The van der Waals surface area contributed by atoms with E-state index in [2.05, 4.69) is 57.0 Å². The number of hydrogen-bond acceptors (Lipinski definition) is 3. The average molecular weight is 263 g/mol. The van der Waals surface area contributed by atoms with E-state index in [1.807, 2.05) is 0 Å². The first-order valence-electron chi connectivity index (χ1n) is 7.58. The van der Waals surface area contributed by atoms with E-state index in [-0.39, 0.29) is 0 Å². The zero-order valence-corrected chi connectivity index (χ0v) is 13.2. The van der Waals surface area contributed by atoms with Crippen molar-refractivity contribution < 1.29 is 0 Å². The fourth-order valence-electron chi connectivity index (χ4n) is 2.15. The van der Waals surface area contributed by atoms with Crippen LogP contribution < -0.4 is 10.2 Å². The number of aryl methyl sites for hydroxylation is 1. The molecule has 3 heteroatoms. The molecule has 0 fully saturated rings. The second-order valence-electron chi connectivity index (χ2n) is 5.28. The van der Waals surface area contributed by atoms with Crippen LogP contribution >= 0.6 is 0 Å². The Labute approximate surface area is 118 Å². The van der Waals surface area contributed by atoms with Crippen LogP contribution in [-0.4, -0.2) is 24.1 Å². The summed E-state index contributed by atoms with van der Waals surface area (Å²) in [4.78, 5) is 7.11. The van der Waals surface area contributed by atoms with E-state index in [4.69, 9.17) is 4.98 Å². The zero-order chi connectivity index (χ0) is 14.3. The molecule has 0 radical (unpaired) electrons. The van der Waals surface area contributed by atoms with Crippen LogP contribution in [0.4, 0.5) is 5.82 Å². The molecule has 0 aliphatic rings. The molecule has 0 aromatic carbocycles. The minimum Gasteiger partial charge on any atom is -0.357 e. The summed E-state index contributed by atoms with van der Waals surface area (Å²) in [5.74, 6) is 1.12. The van der Waals surface area contributed by atoms with E-state index in [1.165, 1.54) is 11.3 Å². The second kappa shape index (κ2) is 8.16. The van der Waals surface area contributed by atoms with Gasteiger partial charge in [-0.1, -0.05) is 27.2 Å². The van der Waals surface area contributed by atoms with Crippen molar-refractivity contribution >= 4 is 5.82 Å². The van der Waals surface area contributed by atoms with Gasteiger partial charge in [0.25, 0.3) is 0 Å². The molecule has 0 spiro atoms. The summed E-state index contributed by atoms with van der Waals surface area (Å²) < 4.78 is 0. The summed E-state index contributed by atoms with van der Waals surface area (Å²) in [6.45, 7) is 13.9. The lowest BCUT2D eigenvalue weighted by Crippen LogP contribution is -2.25. The molecule has 3 nitrogen and oxygen atoms in total. The van der Waals surface area contributed by atoms with Crippen LogP contribution in [0, 0.1) is 0 Å². The predicted octanol–water partition coefficient (Wildman–Crippen LogP) is 3.38. The number of rotatable bonds is 8.